The lowest BCUT2D eigenvalue weighted by Gasteiger charge is -2.07. The van der Waals surface area contributed by atoms with E-state index in [1.807, 2.05) is 54.1 Å². The molecule has 7 heteroatoms. The van der Waals surface area contributed by atoms with Crippen molar-refractivity contribution >= 4 is 50.4 Å². The zero-order chi connectivity index (χ0) is 19.0. The minimum atomic E-state index is -0.0741. The molecule has 0 aliphatic rings. The smallest absolute Gasteiger partial charge is 0.263 e. The van der Waals surface area contributed by atoms with Crippen molar-refractivity contribution in [2.75, 3.05) is 5.75 Å². The van der Waals surface area contributed by atoms with E-state index in [9.17, 15) is 9.59 Å². The molecule has 0 radical (unpaired) electrons. The zero-order valence-electron chi connectivity index (χ0n) is 14.8. The van der Waals surface area contributed by atoms with Gasteiger partial charge in [-0.1, -0.05) is 47.7 Å². The number of Topliss-reactive ketones (excluding diaryl/α,β-unsaturated/α-hetero) is 1. The quantitative estimate of drug-likeness (QED) is 0.263. The fourth-order valence-corrected chi connectivity index (χ4v) is 5.42. The summed E-state index contributed by atoms with van der Waals surface area (Å²) in [6.07, 6.45) is 0. The van der Waals surface area contributed by atoms with Crippen LogP contribution in [0.1, 0.15) is 15.9 Å². The van der Waals surface area contributed by atoms with Gasteiger partial charge < -0.3 is 0 Å². The lowest BCUT2D eigenvalue weighted by Crippen LogP contribution is -2.20. The van der Waals surface area contributed by atoms with E-state index in [1.165, 1.54) is 23.1 Å². The van der Waals surface area contributed by atoms with Crippen LogP contribution in [0.15, 0.2) is 57.1 Å². The average molecular weight is 413 g/mol. The highest BCUT2D eigenvalue weighted by molar-refractivity contribution is 7.99. The second-order valence-corrected chi connectivity index (χ2v) is 8.89. The van der Waals surface area contributed by atoms with Crippen LogP contribution in [0.4, 0.5) is 0 Å². The van der Waals surface area contributed by atoms with E-state index in [-0.39, 0.29) is 17.1 Å². The maximum Gasteiger partial charge on any atom is 0.263 e. The monoisotopic (exact) mass is 412 g/mol. The Balaban J connectivity index is 1.63. The first-order valence-electron chi connectivity index (χ1n) is 8.29. The van der Waals surface area contributed by atoms with Crippen molar-refractivity contribution in [2.45, 2.75) is 12.1 Å². The highest BCUT2D eigenvalue weighted by atomic mass is 32.2. The molecule has 0 N–H and O–H groups in total. The molecule has 0 atom stereocenters. The third-order valence-corrected chi connectivity index (χ3v) is 7.07. The SMILES string of the molecule is Cc1ccc(C(=O)CSc2nc3scc(-c4cccs4)c3c(=O)n2C)cc1. The molecule has 0 fully saturated rings. The number of fused-ring (bicyclic) bond motifs is 1. The van der Waals surface area contributed by atoms with E-state index in [2.05, 4.69) is 4.98 Å². The van der Waals surface area contributed by atoms with E-state index in [1.54, 1.807) is 23.0 Å². The molecule has 3 heterocycles. The van der Waals surface area contributed by atoms with E-state index in [4.69, 9.17) is 0 Å². The molecule has 3 aromatic heterocycles. The van der Waals surface area contributed by atoms with Crippen LogP contribution in [0.5, 0.6) is 0 Å². The number of aryl methyl sites for hydroxylation is 1. The molecule has 27 heavy (non-hydrogen) atoms. The number of benzene rings is 1. The van der Waals surface area contributed by atoms with Crippen molar-refractivity contribution in [1.82, 2.24) is 9.55 Å². The van der Waals surface area contributed by atoms with Crippen molar-refractivity contribution in [3.8, 4) is 10.4 Å². The Hall–Kier alpha value is -2.22. The lowest BCUT2D eigenvalue weighted by molar-refractivity contribution is 0.102. The first-order chi connectivity index (χ1) is 13.0. The van der Waals surface area contributed by atoms with Crippen molar-refractivity contribution in [3.05, 3.63) is 68.6 Å². The van der Waals surface area contributed by atoms with Gasteiger partial charge in [0.05, 0.1) is 11.1 Å². The van der Waals surface area contributed by atoms with Gasteiger partial charge in [0.1, 0.15) is 4.83 Å². The third kappa shape index (κ3) is 3.50. The highest BCUT2D eigenvalue weighted by Gasteiger charge is 2.17. The predicted octanol–water partition coefficient (Wildman–Crippen LogP) is 5.01. The number of ketones is 1. The predicted molar refractivity (Wildman–Crippen MR) is 114 cm³/mol. The van der Waals surface area contributed by atoms with Crippen LogP contribution in [-0.2, 0) is 7.05 Å². The molecule has 0 aliphatic carbocycles. The van der Waals surface area contributed by atoms with Gasteiger partial charge in [-0.25, -0.2) is 4.98 Å². The molecule has 0 aliphatic heterocycles. The summed E-state index contributed by atoms with van der Waals surface area (Å²) < 4.78 is 1.54. The molecule has 0 amide bonds. The van der Waals surface area contributed by atoms with E-state index < -0.39 is 0 Å². The normalized spacial score (nSPS) is 11.2. The Morgan fingerprint density at radius 1 is 1.19 bits per heavy atom. The number of hydrogen-bond acceptors (Lipinski definition) is 6. The van der Waals surface area contributed by atoms with Crippen molar-refractivity contribution in [2.24, 2.45) is 7.05 Å². The third-order valence-electron chi connectivity index (χ3n) is 4.27. The molecular formula is C20H16N2O2S3. The van der Waals surface area contributed by atoms with Gasteiger partial charge in [0.15, 0.2) is 10.9 Å². The molecule has 1 aromatic carbocycles. The second kappa shape index (κ2) is 7.42. The zero-order valence-corrected chi connectivity index (χ0v) is 17.2. The average Bonchev–Trinajstić information content (AvgIpc) is 3.33. The van der Waals surface area contributed by atoms with E-state index in [0.717, 1.165) is 16.0 Å². The van der Waals surface area contributed by atoms with Crippen molar-refractivity contribution < 1.29 is 4.79 Å². The Labute approximate surface area is 168 Å². The summed E-state index contributed by atoms with van der Waals surface area (Å²) in [4.78, 5) is 31.8. The summed E-state index contributed by atoms with van der Waals surface area (Å²) in [5, 5.41) is 5.20. The summed E-state index contributed by atoms with van der Waals surface area (Å²) >= 11 is 4.37. The van der Waals surface area contributed by atoms with Gasteiger partial charge in [-0.2, -0.15) is 0 Å². The Kier molecular flexibility index (Phi) is 4.99. The number of aromatic nitrogens is 2. The molecule has 4 aromatic rings. The van der Waals surface area contributed by atoms with Crippen LogP contribution < -0.4 is 5.56 Å². The van der Waals surface area contributed by atoms with Gasteiger partial charge in [0.2, 0.25) is 0 Å². The molecule has 4 nitrogen and oxygen atoms in total. The van der Waals surface area contributed by atoms with E-state index >= 15 is 0 Å². The lowest BCUT2D eigenvalue weighted by atomic mass is 10.1. The molecule has 0 bridgehead atoms. The van der Waals surface area contributed by atoms with Gasteiger partial charge in [-0.3, -0.25) is 14.2 Å². The molecular weight excluding hydrogens is 396 g/mol. The van der Waals surface area contributed by atoms with Gasteiger partial charge in [0, 0.05) is 28.4 Å². The van der Waals surface area contributed by atoms with Crippen LogP contribution in [0.2, 0.25) is 0 Å². The molecule has 136 valence electrons. The summed E-state index contributed by atoms with van der Waals surface area (Å²) in [5.41, 5.74) is 2.66. The number of thioether (sulfide) groups is 1. The number of carbonyl (C=O) groups excluding carboxylic acids is 1. The molecule has 0 spiro atoms. The molecule has 0 saturated carbocycles. The number of carbonyl (C=O) groups is 1. The van der Waals surface area contributed by atoms with Gasteiger partial charge in [-0.05, 0) is 18.4 Å². The van der Waals surface area contributed by atoms with Crippen LogP contribution in [0.25, 0.3) is 20.7 Å². The standard InChI is InChI=1S/C20H16N2O2S3/c1-12-5-7-13(8-6-12)15(23)11-27-20-21-18-17(19(24)22(20)2)14(10-26-18)16-4-3-9-25-16/h3-10H,11H2,1-2H3. The van der Waals surface area contributed by atoms with Crippen molar-refractivity contribution in [1.29, 1.82) is 0 Å². The maximum absolute atomic E-state index is 12.9. The largest absolute Gasteiger partial charge is 0.293 e. The van der Waals surface area contributed by atoms with Gasteiger partial charge in [0.25, 0.3) is 5.56 Å². The Morgan fingerprint density at radius 2 is 1.96 bits per heavy atom. The maximum atomic E-state index is 12.9. The second-order valence-electron chi connectivity index (χ2n) is 6.14. The number of rotatable bonds is 5. The summed E-state index contributed by atoms with van der Waals surface area (Å²) in [7, 11) is 1.71. The first-order valence-corrected chi connectivity index (χ1v) is 11.0. The number of nitrogens with zero attached hydrogens (tertiary/aromatic N) is 2. The summed E-state index contributed by atoms with van der Waals surface area (Å²) in [6, 6.07) is 11.5. The van der Waals surface area contributed by atoms with Crippen LogP contribution in [0, 0.1) is 6.92 Å². The highest BCUT2D eigenvalue weighted by Crippen LogP contribution is 2.34. The number of thiophene rings is 2. The van der Waals surface area contributed by atoms with Gasteiger partial charge >= 0.3 is 0 Å². The minimum Gasteiger partial charge on any atom is -0.293 e. The fraction of sp³-hybridized carbons (Fsp3) is 0.150. The van der Waals surface area contributed by atoms with Gasteiger partial charge in [-0.15, -0.1) is 22.7 Å². The Bertz CT molecular complexity index is 1170. The number of hydrogen-bond donors (Lipinski definition) is 0. The van der Waals surface area contributed by atoms with Crippen LogP contribution >= 0.6 is 34.4 Å². The minimum absolute atomic E-state index is 0.0276. The summed E-state index contributed by atoms with van der Waals surface area (Å²) in [5.74, 6) is 0.276. The molecule has 0 saturated heterocycles. The topological polar surface area (TPSA) is 52.0 Å². The van der Waals surface area contributed by atoms with Crippen molar-refractivity contribution in [3.63, 3.8) is 0 Å². The molecule has 0 unspecified atom stereocenters. The fourth-order valence-electron chi connectivity index (χ4n) is 2.75. The van der Waals surface area contributed by atoms with Crippen LogP contribution in [0.3, 0.4) is 0 Å². The first kappa shape index (κ1) is 18.2. The van der Waals surface area contributed by atoms with E-state index in [0.29, 0.717) is 20.9 Å². The molecule has 4 rings (SSSR count). The van der Waals surface area contributed by atoms with Crippen LogP contribution in [-0.4, -0.2) is 21.1 Å². The Morgan fingerprint density at radius 3 is 2.67 bits per heavy atom. The summed E-state index contributed by atoms with van der Waals surface area (Å²) in [6.45, 7) is 1.99.